The number of piperidine rings is 2. The summed E-state index contributed by atoms with van der Waals surface area (Å²) in [6.07, 6.45) is 17.0. The van der Waals surface area contributed by atoms with Crippen LogP contribution in [0.1, 0.15) is 261 Å². The lowest BCUT2D eigenvalue weighted by atomic mass is 9.78. The molecular formula is C104H162N2O27. The van der Waals surface area contributed by atoms with Crippen LogP contribution in [0, 0.1) is 71.0 Å². The fourth-order valence-electron chi connectivity index (χ4n) is 20.3. The van der Waals surface area contributed by atoms with E-state index in [1.165, 1.54) is 32.3 Å². The first-order chi connectivity index (χ1) is 65.6. The van der Waals surface area contributed by atoms with Crippen LogP contribution >= 0.6 is 0 Å². The molecule has 750 valence electrons. The number of nitrogens with zero attached hydrogens (tertiary/aromatic N) is 2. The number of esters is 2. The summed E-state index contributed by atoms with van der Waals surface area (Å²) >= 11 is 0. The van der Waals surface area contributed by atoms with E-state index in [9.17, 15) is 78.6 Å². The van der Waals surface area contributed by atoms with Gasteiger partial charge in [0.25, 0.3) is 23.4 Å². The molecular weight excluding hydrogens is 1710 g/mol. The predicted molar refractivity (Wildman–Crippen MR) is 501 cm³/mol. The molecule has 6 N–H and O–H groups in total. The van der Waals surface area contributed by atoms with Crippen molar-refractivity contribution in [1.82, 2.24) is 9.80 Å². The van der Waals surface area contributed by atoms with Gasteiger partial charge in [0.1, 0.15) is 60.3 Å². The van der Waals surface area contributed by atoms with Gasteiger partial charge >= 0.3 is 11.9 Å². The Balaban J connectivity index is 0.000000384. The van der Waals surface area contributed by atoms with Crippen LogP contribution in [0.3, 0.4) is 0 Å². The van der Waals surface area contributed by atoms with Gasteiger partial charge in [0.15, 0.2) is 11.6 Å². The molecule has 2 saturated carbocycles. The summed E-state index contributed by atoms with van der Waals surface area (Å²) < 4.78 is 118. The van der Waals surface area contributed by atoms with Gasteiger partial charge in [-0.1, -0.05) is 142 Å². The fourth-order valence-corrected chi connectivity index (χ4v) is 20.3. The zero-order chi connectivity index (χ0) is 105. The highest BCUT2D eigenvalue weighted by molar-refractivity contribution is 6.39. The van der Waals surface area contributed by atoms with Crippen LogP contribution in [0.5, 0.6) is 0 Å². The van der Waals surface area contributed by atoms with Crippen LogP contribution < -0.4 is 0 Å². The number of amides is 2. The molecule has 29 nitrogen and oxygen atoms in total. The molecule has 0 aromatic rings. The number of hydrogen-bond acceptors (Lipinski definition) is 27. The standard InChI is InChI=1S/C53H83NO14.C51H79NO13/c1-32-16-12-11-13-17-33(2)44(63-8)30-40-21-19-38(7)53(62,68-40)50(59)51(60)54-23-15-14-18-41(54)52(61)67-45(35(4)28-39-20-22-43(66-25-24-55)46(29-39)64-9)31-42(56)34(3)27-37(6)48(58)49(65-10)47(57)36(5)26-32;1-30-16-12-11-13-17-31(2)42(61-8)28-38-21-19-36(7)51(60,65-38)48(57)49(58)52-23-15-14-18-39(52)50(59)64-43(33(4)26-37-20-22-40(53)44(27-37)62-9)29-41(54)32(3)25-35(6)46(56)47(63-10)45(55)34(5)24-30/h11-13,16-17,27,32,34-36,38-41,43-46,48-49,55,58,62H,14-15,18-26,28-31H2,1-10H3;11-13,16-17,25,30,32-34,36-40,42-44,46-47,53,56,60H,14-15,18-24,26-29H2,1-10H3/b13-11?,16-12+,33-17?,37-27+;13-11?,16-12+,31-17?,35-25+/t32-,34-,35-,36-,38-,39+,40+,41+,43-,44+,45+,46-,48-,49+,53-;30-,32-,33-,34-,36-,37+,38+,39+,40-,42+,43+,44-,46-,47+,51-/m11/s1/i8D3,24D2,25D2;. The van der Waals surface area contributed by atoms with Gasteiger partial charge in [0.2, 0.25) is 11.6 Å². The Kier molecular flexibility index (Phi) is 41.9. The van der Waals surface area contributed by atoms with E-state index in [2.05, 4.69) is 0 Å². The molecule has 2 aliphatic carbocycles. The van der Waals surface area contributed by atoms with Gasteiger partial charge in [-0.25, -0.2) is 9.59 Å². The molecule has 133 heavy (non-hydrogen) atoms. The molecule has 0 unspecified atom stereocenters. The summed E-state index contributed by atoms with van der Waals surface area (Å²) in [7, 11) is 4.42. The largest absolute Gasteiger partial charge is 0.460 e. The van der Waals surface area contributed by atoms with Crippen molar-refractivity contribution in [1.29, 1.82) is 0 Å². The highest BCUT2D eigenvalue weighted by Gasteiger charge is 2.56. The van der Waals surface area contributed by atoms with Crippen LogP contribution in [0.4, 0.5) is 0 Å². The molecule has 4 bridgehead atoms. The van der Waals surface area contributed by atoms with E-state index in [-0.39, 0.29) is 117 Å². The molecule has 6 heterocycles. The molecule has 0 aromatic carbocycles. The van der Waals surface area contributed by atoms with E-state index >= 15 is 0 Å². The average Bonchev–Trinajstić information content (AvgIpc) is 0.771. The highest BCUT2D eigenvalue weighted by atomic mass is 16.6. The lowest BCUT2D eigenvalue weighted by Crippen LogP contribution is -2.61. The maximum atomic E-state index is 14.5. The zero-order valence-corrected chi connectivity index (χ0v) is 82.1. The topological polar surface area (TPSA) is 400 Å². The van der Waals surface area contributed by atoms with Gasteiger partial charge < -0.3 is 92.5 Å². The first-order valence-corrected chi connectivity index (χ1v) is 48.3. The monoisotopic (exact) mass is 1880 g/mol. The second-order valence-corrected chi connectivity index (χ2v) is 39.4. The van der Waals surface area contributed by atoms with E-state index < -0.39 is 200 Å². The molecule has 2 amide bonds. The van der Waals surface area contributed by atoms with Gasteiger partial charge in [-0.2, -0.15) is 0 Å². The summed E-state index contributed by atoms with van der Waals surface area (Å²) in [5, 5.41) is 67.2. The second kappa shape index (κ2) is 54.5. The maximum Gasteiger partial charge on any atom is 0.329 e. The number of aliphatic hydroxyl groups is 6. The minimum Gasteiger partial charge on any atom is -0.460 e. The molecule has 8 rings (SSSR count). The van der Waals surface area contributed by atoms with Gasteiger partial charge in [0, 0.05) is 117 Å². The summed E-state index contributed by atoms with van der Waals surface area (Å²) in [6, 6.07) is -2.43. The number of carbonyl (C=O) groups excluding carboxylic acids is 10. The van der Waals surface area contributed by atoms with Crippen LogP contribution in [0.2, 0.25) is 0 Å². The summed E-state index contributed by atoms with van der Waals surface area (Å²) in [6.45, 7) is 18.3. The molecule has 30 atom stereocenters. The Labute approximate surface area is 800 Å². The maximum absolute atomic E-state index is 14.5. The third-order valence-electron chi connectivity index (χ3n) is 29.0. The number of cyclic esters (lactones) is 2. The van der Waals surface area contributed by atoms with Crippen molar-refractivity contribution in [3.05, 3.63) is 95.2 Å². The van der Waals surface area contributed by atoms with E-state index in [1.54, 1.807) is 107 Å². The first kappa shape index (κ1) is 102. The molecule has 0 radical (unpaired) electrons. The Hall–Kier alpha value is -6.78. The summed E-state index contributed by atoms with van der Waals surface area (Å²) in [4.78, 5) is 144. The second-order valence-electron chi connectivity index (χ2n) is 39.4. The number of fused-ring (bicyclic) bond motifs is 6. The van der Waals surface area contributed by atoms with Crippen molar-refractivity contribution >= 4 is 58.5 Å². The molecule has 29 heteroatoms. The smallest absolute Gasteiger partial charge is 0.329 e. The van der Waals surface area contributed by atoms with Crippen molar-refractivity contribution in [3.8, 4) is 0 Å². The number of ketones is 6. The Bertz CT molecular complexity index is 4390. The predicted octanol–water partition coefficient (Wildman–Crippen LogP) is 12.4. The Morgan fingerprint density at radius 3 is 1.29 bits per heavy atom. The Morgan fingerprint density at radius 2 is 0.887 bits per heavy atom. The lowest BCUT2D eigenvalue weighted by molar-refractivity contribution is -0.265. The van der Waals surface area contributed by atoms with E-state index in [0.29, 0.717) is 119 Å². The Morgan fingerprint density at radius 1 is 0.474 bits per heavy atom. The quantitative estimate of drug-likeness (QED) is 0.0504. The van der Waals surface area contributed by atoms with Crippen molar-refractivity contribution in [2.24, 2.45) is 71.0 Å². The number of methoxy groups -OCH3 is 6. The van der Waals surface area contributed by atoms with E-state index in [0.717, 1.165) is 16.9 Å². The number of Topliss-reactive ketones (excluding diaryl/α,β-unsaturated/α-hetero) is 6. The molecule has 8 aliphatic rings. The van der Waals surface area contributed by atoms with Crippen molar-refractivity contribution < 1.29 is 140 Å². The van der Waals surface area contributed by atoms with E-state index in [4.69, 9.17) is 61.7 Å². The minimum absolute atomic E-state index is 0.0193. The number of aliphatic hydroxyl groups excluding tert-OH is 3. The van der Waals surface area contributed by atoms with Crippen LogP contribution in [0.15, 0.2) is 95.2 Å². The third-order valence-corrected chi connectivity index (χ3v) is 29.0. The van der Waals surface area contributed by atoms with Crippen molar-refractivity contribution in [2.45, 2.75) is 360 Å². The number of carbonyl (C=O) groups is 10. The molecule has 0 aromatic heterocycles. The minimum atomic E-state index is -3.29. The van der Waals surface area contributed by atoms with Gasteiger partial charge in [-0.3, -0.25) is 38.4 Å². The van der Waals surface area contributed by atoms with Crippen molar-refractivity contribution in [2.75, 3.05) is 68.8 Å². The number of allylic oxidation sites excluding steroid dienone is 12. The number of hydrogen-bond donors (Lipinski definition) is 6. The molecule has 4 saturated heterocycles. The van der Waals surface area contributed by atoms with Crippen LogP contribution in [-0.4, -0.2) is 277 Å². The number of ether oxygens (including phenoxy) is 11. The lowest BCUT2D eigenvalue weighted by Gasteiger charge is -2.42. The van der Waals surface area contributed by atoms with Crippen molar-refractivity contribution in [3.63, 3.8) is 0 Å². The van der Waals surface area contributed by atoms with Crippen LogP contribution in [0.25, 0.3) is 0 Å². The first-order valence-electron chi connectivity index (χ1n) is 51.8. The van der Waals surface area contributed by atoms with Crippen LogP contribution in [-0.2, 0) is 100 Å². The SMILES string of the molecule is CO[C@H]1C[C@@H]2CC[C@@H](C)[C@@](O)(O2)C(=O)C(=O)N2CCCC[C@H]2C(=O)O[C@H]([C@H](C)C[C@@H]2CC[C@@H](O)[C@H](OC)C2)CC(=O)[C@H](C)/C=C(\C)[C@@H](O)[C@@H](OC)C(=O)[C@H](C)C[C@H](C)/C=C/C=CC=C1C.[2H]C([2H])([2H])O[C@H]1C[C@@H]2CC[C@@H](C)[C@@](O)(O2)C(=O)C(=O)N2CCCC[C@H]2C(=O)O[C@H]([C@H](C)C[C@@H]2CC[C@@H](OC([2H])([2H])C([2H])([2H])O)[C@H](OC)C2)CC(=O)[C@H](C)/C=C(\C)[C@@H](O)[C@@H](OC)C(=O)[C@H](C)C[C@H](C)/C=C/C=CC=C1C. The van der Waals surface area contributed by atoms with Gasteiger partial charge in [-0.05, 0) is 214 Å². The third kappa shape index (κ3) is 31.6. The number of rotatable bonds is 15. The fraction of sp³-hybridized carbons (Fsp3) is 0.750. The summed E-state index contributed by atoms with van der Waals surface area (Å²) in [5.41, 5.74) is 2.07. The molecule has 0 spiro atoms. The van der Waals surface area contributed by atoms with Gasteiger partial charge in [0.05, 0.1) is 71.5 Å². The van der Waals surface area contributed by atoms with E-state index in [1.807, 2.05) is 71.1 Å². The summed E-state index contributed by atoms with van der Waals surface area (Å²) in [5.74, 6) is -17.7. The average molecular weight is 1880 g/mol. The highest BCUT2D eigenvalue weighted by Crippen LogP contribution is 2.42. The molecule has 6 aliphatic heterocycles. The normalized spacial score (nSPS) is 39.6. The zero-order valence-electron chi connectivity index (χ0n) is 89.1. The van der Waals surface area contributed by atoms with Gasteiger partial charge in [-0.15, -0.1) is 0 Å². The molecule has 6 fully saturated rings.